The number of amides is 2. The SMILES string of the molecule is Cc1nnc(N2CCN(C(=O)CNC(=O)c3ccc(Cl)cc3Cl)CC2)s1. The molecule has 26 heavy (non-hydrogen) atoms. The van der Waals surface area contributed by atoms with Crippen molar-refractivity contribution >= 4 is 51.5 Å². The molecule has 2 heterocycles. The second-order valence-electron chi connectivity index (χ2n) is 5.78. The van der Waals surface area contributed by atoms with Crippen molar-refractivity contribution in [2.45, 2.75) is 6.92 Å². The summed E-state index contributed by atoms with van der Waals surface area (Å²) in [6.07, 6.45) is 0. The Bertz CT molecular complexity index is 821. The van der Waals surface area contributed by atoms with Gasteiger partial charge in [0.05, 0.1) is 17.1 Å². The van der Waals surface area contributed by atoms with E-state index in [0.717, 1.165) is 10.1 Å². The zero-order chi connectivity index (χ0) is 18.7. The van der Waals surface area contributed by atoms with Gasteiger partial charge in [-0.2, -0.15) is 0 Å². The van der Waals surface area contributed by atoms with Gasteiger partial charge in [-0.1, -0.05) is 34.5 Å². The van der Waals surface area contributed by atoms with E-state index in [2.05, 4.69) is 20.4 Å². The van der Waals surface area contributed by atoms with Gasteiger partial charge in [-0.25, -0.2) is 0 Å². The van der Waals surface area contributed by atoms with Gasteiger partial charge < -0.3 is 15.1 Å². The fourth-order valence-electron chi connectivity index (χ4n) is 2.60. The molecule has 2 aromatic rings. The number of hydrogen-bond donors (Lipinski definition) is 1. The normalized spacial score (nSPS) is 14.4. The van der Waals surface area contributed by atoms with Crippen LogP contribution >= 0.6 is 34.5 Å². The van der Waals surface area contributed by atoms with Gasteiger partial charge in [0.1, 0.15) is 5.01 Å². The molecule has 7 nitrogen and oxygen atoms in total. The van der Waals surface area contributed by atoms with Crippen molar-refractivity contribution in [1.82, 2.24) is 20.4 Å². The first kappa shape index (κ1) is 18.9. The molecule has 1 aromatic carbocycles. The number of piperazine rings is 1. The van der Waals surface area contributed by atoms with Crippen LogP contribution in [-0.2, 0) is 4.79 Å². The van der Waals surface area contributed by atoms with Crippen molar-refractivity contribution in [1.29, 1.82) is 0 Å². The van der Waals surface area contributed by atoms with Crippen LogP contribution in [0.3, 0.4) is 0 Å². The number of rotatable bonds is 4. The van der Waals surface area contributed by atoms with E-state index >= 15 is 0 Å². The maximum absolute atomic E-state index is 12.3. The number of hydrogen-bond acceptors (Lipinski definition) is 6. The molecule has 0 aliphatic carbocycles. The molecule has 0 atom stereocenters. The highest BCUT2D eigenvalue weighted by molar-refractivity contribution is 7.15. The molecule has 138 valence electrons. The molecule has 3 rings (SSSR count). The molecular weight excluding hydrogens is 397 g/mol. The Morgan fingerprint density at radius 3 is 2.54 bits per heavy atom. The lowest BCUT2D eigenvalue weighted by molar-refractivity contribution is -0.130. The van der Waals surface area contributed by atoms with Gasteiger partial charge in [0.25, 0.3) is 5.91 Å². The summed E-state index contributed by atoms with van der Waals surface area (Å²) in [5, 5.41) is 13.3. The lowest BCUT2D eigenvalue weighted by Crippen LogP contribution is -2.51. The van der Waals surface area contributed by atoms with Crippen molar-refractivity contribution in [3.63, 3.8) is 0 Å². The monoisotopic (exact) mass is 413 g/mol. The summed E-state index contributed by atoms with van der Waals surface area (Å²) >= 11 is 13.4. The Labute approximate surface area is 164 Å². The molecule has 1 N–H and O–H groups in total. The largest absolute Gasteiger partial charge is 0.343 e. The van der Waals surface area contributed by atoms with Crippen molar-refractivity contribution in [3.05, 3.63) is 38.8 Å². The third-order valence-corrected chi connectivity index (χ3v) is 5.44. The Morgan fingerprint density at radius 1 is 1.19 bits per heavy atom. The number of aryl methyl sites for hydroxylation is 1. The molecule has 2 amide bonds. The van der Waals surface area contributed by atoms with Crippen molar-refractivity contribution in [3.8, 4) is 0 Å². The van der Waals surface area contributed by atoms with Gasteiger partial charge in [-0.3, -0.25) is 9.59 Å². The van der Waals surface area contributed by atoms with E-state index in [1.165, 1.54) is 23.5 Å². The fraction of sp³-hybridized carbons (Fsp3) is 0.375. The number of carbonyl (C=O) groups is 2. The molecule has 0 spiro atoms. The van der Waals surface area contributed by atoms with Gasteiger partial charge in [-0.15, -0.1) is 10.2 Å². The molecule has 1 aliphatic heterocycles. The van der Waals surface area contributed by atoms with Gasteiger partial charge in [0.15, 0.2) is 0 Å². The molecular formula is C16H17Cl2N5O2S. The molecule has 1 saturated heterocycles. The van der Waals surface area contributed by atoms with E-state index in [4.69, 9.17) is 23.2 Å². The van der Waals surface area contributed by atoms with Crippen molar-refractivity contribution < 1.29 is 9.59 Å². The number of aromatic nitrogens is 2. The second-order valence-corrected chi connectivity index (χ2v) is 7.78. The van der Waals surface area contributed by atoms with Crippen LogP contribution in [0, 0.1) is 6.92 Å². The summed E-state index contributed by atoms with van der Waals surface area (Å²) in [6, 6.07) is 4.61. The summed E-state index contributed by atoms with van der Waals surface area (Å²) in [6.45, 7) is 4.38. The topological polar surface area (TPSA) is 78.4 Å². The highest BCUT2D eigenvalue weighted by Gasteiger charge is 2.23. The van der Waals surface area contributed by atoms with Crippen LogP contribution in [0.4, 0.5) is 5.13 Å². The molecule has 0 bridgehead atoms. The number of carbonyl (C=O) groups excluding carboxylic acids is 2. The first-order valence-corrected chi connectivity index (χ1v) is 9.57. The van der Waals surface area contributed by atoms with Crippen LogP contribution in [0.15, 0.2) is 18.2 Å². The Kier molecular flexibility index (Phi) is 5.95. The Hall–Kier alpha value is -1.90. The number of halogens is 2. The molecule has 0 saturated carbocycles. The minimum atomic E-state index is -0.400. The van der Waals surface area contributed by atoms with E-state index in [1.807, 2.05) is 6.92 Å². The minimum absolute atomic E-state index is 0.0737. The summed E-state index contributed by atoms with van der Waals surface area (Å²) in [4.78, 5) is 28.3. The van der Waals surface area contributed by atoms with E-state index < -0.39 is 5.91 Å². The van der Waals surface area contributed by atoms with Crippen LogP contribution in [0.25, 0.3) is 0 Å². The van der Waals surface area contributed by atoms with Gasteiger partial charge in [-0.05, 0) is 25.1 Å². The predicted octanol–water partition coefficient (Wildman–Crippen LogP) is 2.23. The Morgan fingerprint density at radius 2 is 1.92 bits per heavy atom. The van der Waals surface area contributed by atoms with E-state index in [0.29, 0.717) is 36.8 Å². The summed E-state index contributed by atoms with van der Waals surface area (Å²) in [5.74, 6) is -0.528. The molecule has 1 fully saturated rings. The van der Waals surface area contributed by atoms with E-state index in [-0.39, 0.29) is 17.5 Å². The lowest BCUT2D eigenvalue weighted by Gasteiger charge is -2.34. The summed E-state index contributed by atoms with van der Waals surface area (Å²) in [7, 11) is 0. The third kappa shape index (κ3) is 4.44. The maximum atomic E-state index is 12.3. The maximum Gasteiger partial charge on any atom is 0.253 e. The fourth-order valence-corrected chi connectivity index (χ4v) is 3.83. The quantitative estimate of drug-likeness (QED) is 0.830. The third-order valence-electron chi connectivity index (χ3n) is 3.99. The smallest absolute Gasteiger partial charge is 0.253 e. The molecule has 0 radical (unpaired) electrons. The number of nitrogens with one attached hydrogen (secondary N) is 1. The zero-order valence-corrected chi connectivity index (χ0v) is 16.4. The van der Waals surface area contributed by atoms with E-state index in [1.54, 1.807) is 11.0 Å². The molecule has 1 aliphatic rings. The lowest BCUT2D eigenvalue weighted by atomic mass is 10.2. The Balaban J connectivity index is 1.49. The zero-order valence-electron chi connectivity index (χ0n) is 14.0. The first-order chi connectivity index (χ1) is 12.4. The summed E-state index contributed by atoms with van der Waals surface area (Å²) < 4.78 is 0. The molecule has 1 aromatic heterocycles. The van der Waals surface area contributed by atoms with Crippen molar-refractivity contribution in [2.75, 3.05) is 37.6 Å². The van der Waals surface area contributed by atoms with Gasteiger partial charge in [0.2, 0.25) is 11.0 Å². The van der Waals surface area contributed by atoms with Crippen LogP contribution in [0.5, 0.6) is 0 Å². The highest BCUT2D eigenvalue weighted by Crippen LogP contribution is 2.21. The van der Waals surface area contributed by atoms with Crippen molar-refractivity contribution in [2.24, 2.45) is 0 Å². The first-order valence-electron chi connectivity index (χ1n) is 8.00. The standard InChI is InChI=1S/C16H17Cl2N5O2S/c1-10-20-21-16(26-10)23-6-4-22(5-7-23)14(24)9-19-15(25)12-3-2-11(17)8-13(12)18/h2-3,8H,4-7,9H2,1H3,(H,19,25). The molecule has 10 heteroatoms. The van der Waals surface area contributed by atoms with Crippen LogP contribution in [0.1, 0.15) is 15.4 Å². The number of benzene rings is 1. The van der Waals surface area contributed by atoms with E-state index in [9.17, 15) is 9.59 Å². The van der Waals surface area contributed by atoms with Crippen LogP contribution < -0.4 is 10.2 Å². The van der Waals surface area contributed by atoms with Crippen LogP contribution in [-0.4, -0.2) is 59.6 Å². The van der Waals surface area contributed by atoms with Gasteiger partial charge >= 0.3 is 0 Å². The average molecular weight is 414 g/mol. The average Bonchev–Trinajstić information content (AvgIpc) is 3.06. The minimum Gasteiger partial charge on any atom is -0.343 e. The van der Waals surface area contributed by atoms with Crippen LogP contribution in [0.2, 0.25) is 10.0 Å². The number of nitrogens with zero attached hydrogens (tertiary/aromatic N) is 4. The summed E-state index contributed by atoms with van der Waals surface area (Å²) in [5.41, 5.74) is 0.292. The van der Waals surface area contributed by atoms with Gasteiger partial charge in [0, 0.05) is 31.2 Å². The predicted molar refractivity (Wildman–Crippen MR) is 102 cm³/mol. The number of anilines is 1. The molecule has 0 unspecified atom stereocenters. The second kappa shape index (κ2) is 8.20. The highest BCUT2D eigenvalue weighted by atomic mass is 35.5.